The van der Waals surface area contributed by atoms with E-state index < -0.39 is 6.10 Å². The quantitative estimate of drug-likeness (QED) is 0.254. The fraction of sp³-hybridized carbons (Fsp3) is 0.464. The number of piperidine rings is 1. The van der Waals surface area contributed by atoms with Crippen LogP contribution in [0.4, 0.5) is 10.1 Å². The number of nitrogens with one attached hydrogen (secondary N) is 1. The molecule has 0 radical (unpaired) electrons. The summed E-state index contributed by atoms with van der Waals surface area (Å²) in [4.78, 5) is 7.35. The summed E-state index contributed by atoms with van der Waals surface area (Å²) in [5.74, 6) is 1.68. The van der Waals surface area contributed by atoms with E-state index in [1.807, 2.05) is 12.1 Å². The lowest BCUT2D eigenvalue weighted by Gasteiger charge is -2.57. The van der Waals surface area contributed by atoms with Crippen molar-refractivity contribution < 1.29 is 19.3 Å². The highest BCUT2D eigenvalue weighted by atomic mass is 19.1. The van der Waals surface area contributed by atoms with Gasteiger partial charge in [0.25, 0.3) is 0 Å². The molecule has 2 aliphatic carbocycles. The van der Waals surface area contributed by atoms with Gasteiger partial charge in [0.05, 0.1) is 0 Å². The first-order valence-corrected chi connectivity index (χ1v) is 12.7. The lowest BCUT2D eigenvalue weighted by Crippen LogP contribution is -2.65. The van der Waals surface area contributed by atoms with Crippen molar-refractivity contribution in [2.24, 2.45) is 10.9 Å². The second kappa shape index (κ2) is 8.64. The molecule has 1 spiro atoms. The van der Waals surface area contributed by atoms with E-state index in [1.165, 1.54) is 17.7 Å². The van der Waals surface area contributed by atoms with Crippen LogP contribution in [0, 0.1) is 11.7 Å². The molecular formula is C28H32FN3O3. The van der Waals surface area contributed by atoms with E-state index in [1.54, 1.807) is 18.2 Å². The monoisotopic (exact) mass is 477 g/mol. The Morgan fingerprint density at radius 2 is 2.06 bits per heavy atom. The number of hydrogen-bond acceptors (Lipinski definition) is 5. The maximum absolute atomic E-state index is 13.2. The molecule has 3 N–H and O–H groups in total. The van der Waals surface area contributed by atoms with Gasteiger partial charge in [0.2, 0.25) is 0 Å². The highest BCUT2D eigenvalue weighted by Crippen LogP contribution is 2.62. The molecule has 6 rings (SSSR count). The van der Waals surface area contributed by atoms with Gasteiger partial charge in [0.15, 0.2) is 11.5 Å². The third-order valence-corrected chi connectivity index (χ3v) is 8.36. The van der Waals surface area contributed by atoms with Crippen molar-refractivity contribution in [3.05, 3.63) is 65.5 Å². The smallest absolute Gasteiger partial charge is 0.165 e. The number of aliphatic hydroxyl groups excluding tert-OH is 1. The predicted octanol–water partition coefficient (Wildman–Crippen LogP) is 4.02. The molecular weight excluding hydrogens is 445 g/mol. The van der Waals surface area contributed by atoms with Crippen molar-refractivity contribution in [3.63, 3.8) is 0 Å². The molecule has 5 atom stereocenters. The van der Waals surface area contributed by atoms with Gasteiger partial charge in [0.1, 0.15) is 23.9 Å². The van der Waals surface area contributed by atoms with E-state index in [2.05, 4.69) is 23.2 Å². The highest BCUT2D eigenvalue weighted by molar-refractivity contribution is 5.95. The molecule has 6 nitrogen and oxygen atoms in total. The van der Waals surface area contributed by atoms with E-state index in [9.17, 15) is 14.6 Å². The zero-order chi connectivity index (χ0) is 24.2. The summed E-state index contributed by atoms with van der Waals surface area (Å²) in [6, 6.07) is 10.5. The van der Waals surface area contributed by atoms with Crippen LogP contribution in [-0.4, -0.2) is 58.8 Å². The number of likely N-dealkylation sites (tertiary alicyclic amines) is 1. The van der Waals surface area contributed by atoms with Crippen LogP contribution in [0.1, 0.15) is 37.3 Å². The van der Waals surface area contributed by atoms with E-state index in [0.29, 0.717) is 11.8 Å². The molecule has 1 fully saturated rings. The van der Waals surface area contributed by atoms with Gasteiger partial charge >= 0.3 is 0 Å². The highest BCUT2D eigenvalue weighted by Gasteiger charge is 2.64. The van der Waals surface area contributed by atoms with Gasteiger partial charge < -0.3 is 20.3 Å². The number of nitrogens with zero attached hydrogens (tertiary/aromatic N) is 2. The maximum Gasteiger partial charge on any atom is 0.165 e. The Kier molecular flexibility index (Phi) is 5.57. The average molecular weight is 478 g/mol. The van der Waals surface area contributed by atoms with Crippen molar-refractivity contribution in [1.82, 2.24) is 4.90 Å². The topological polar surface area (TPSA) is 77.3 Å². The minimum atomic E-state index is -0.661. The second-order valence-electron chi connectivity index (χ2n) is 10.2. The Hall–Kier alpha value is -2.90. The summed E-state index contributed by atoms with van der Waals surface area (Å²) in [5, 5.41) is 24.6. The molecule has 2 bridgehead atoms. The number of aliphatic imine (C=N–C) groups is 1. The first kappa shape index (κ1) is 22.6. The molecule has 7 heteroatoms. The number of hydrogen-bond donors (Lipinski definition) is 3. The molecule has 0 amide bonds. The number of benzene rings is 2. The zero-order valence-corrected chi connectivity index (χ0v) is 20.0. The first-order valence-electron chi connectivity index (χ1n) is 12.7. The van der Waals surface area contributed by atoms with Crippen LogP contribution in [0.15, 0.2) is 53.5 Å². The number of aromatic hydroxyl groups is 1. The van der Waals surface area contributed by atoms with Crippen LogP contribution in [-0.2, 0) is 11.8 Å². The van der Waals surface area contributed by atoms with E-state index in [4.69, 9.17) is 9.73 Å². The SMILES string of the molecule is CCC(=NCCCN1CC[C@]23c4c5ccc(O)c4O[C@H]2[C@@H](O)C=CC3[C@H]1C5)Nc1ccc(F)cc1. The Labute approximate surface area is 205 Å². The molecule has 2 aliphatic heterocycles. The number of aliphatic hydroxyl groups is 1. The Morgan fingerprint density at radius 3 is 2.86 bits per heavy atom. The van der Waals surface area contributed by atoms with Crippen LogP contribution in [0.25, 0.3) is 0 Å². The predicted molar refractivity (Wildman–Crippen MR) is 134 cm³/mol. The Bertz CT molecular complexity index is 1180. The number of halogens is 1. The minimum absolute atomic E-state index is 0.179. The van der Waals surface area contributed by atoms with Gasteiger partial charge in [-0.15, -0.1) is 0 Å². The molecule has 1 saturated heterocycles. The van der Waals surface area contributed by atoms with Gasteiger partial charge in [-0.2, -0.15) is 0 Å². The van der Waals surface area contributed by atoms with Gasteiger partial charge in [0, 0.05) is 48.1 Å². The summed E-state index contributed by atoms with van der Waals surface area (Å²) in [6.07, 6.45) is 6.64. The third kappa shape index (κ3) is 3.55. The van der Waals surface area contributed by atoms with Crippen molar-refractivity contribution in [2.75, 3.05) is 25.0 Å². The first-order chi connectivity index (χ1) is 17.0. The summed E-state index contributed by atoms with van der Waals surface area (Å²) in [6.45, 7) is 4.69. The van der Waals surface area contributed by atoms with Crippen molar-refractivity contribution in [2.45, 2.75) is 56.3 Å². The lowest BCUT2D eigenvalue weighted by atomic mass is 9.53. The molecule has 184 valence electrons. The lowest BCUT2D eigenvalue weighted by molar-refractivity contribution is -0.0516. The van der Waals surface area contributed by atoms with Crippen LogP contribution in [0.5, 0.6) is 11.5 Å². The van der Waals surface area contributed by atoms with Crippen molar-refractivity contribution in [3.8, 4) is 11.5 Å². The number of phenolic OH excluding ortho intramolecular Hbond substituents is 1. The standard InChI is InChI=1S/C28H32FN3O3/c1-2-24(31-19-7-5-18(29)6-8-19)30-13-3-14-32-15-12-28-20-9-11-23(34)27(28)35-26-22(33)10-4-17(25(26)28)16-21(20)32/h4-11,20-21,23,27,33-34H,2-3,12-16H2,1H3,(H,30,31)/t20?,21-,23+,27+,28+/m1/s1. The van der Waals surface area contributed by atoms with Gasteiger partial charge in [-0.1, -0.05) is 25.1 Å². The maximum atomic E-state index is 13.2. The fourth-order valence-corrected chi connectivity index (χ4v) is 6.84. The van der Waals surface area contributed by atoms with Crippen LogP contribution < -0.4 is 10.1 Å². The molecule has 2 aromatic carbocycles. The molecule has 0 saturated carbocycles. The number of amidine groups is 1. The molecule has 0 aromatic heterocycles. The number of ether oxygens (including phenoxy) is 1. The van der Waals surface area contributed by atoms with E-state index >= 15 is 0 Å². The molecule has 1 unspecified atom stereocenters. The summed E-state index contributed by atoms with van der Waals surface area (Å²) in [7, 11) is 0. The summed E-state index contributed by atoms with van der Waals surface area (Å²) in [5.41, 5.74) is 2.96. The van der Waals surface area contributed by atoms with Crippen molar-refractivity contribution >= 4 is 11.5 Å². The summed E-state index contributed by atoms with van der Waals surface area (Å²) >= 11 is 0. The average Bonchev–Trinajstić information content (AvgIpc) is 3.22. The van der Waals surface area contributed by atoms with Crippen molar-refractivity contribution in [1.29, 1.82) is 0 Å². The van der Waals surface area contributed by atoms with Gasteiger partial charge in [-0.25, -0.2) is 4.39 Å². The zero-order valence-electron chi connectivity index (χ0n) is 20.0. The Morgan fingerprint density at radius 1 is 1.23 bits per heavy atom. The van der Waals surface area contributed by atoms with Gasteiger partial charge in [-0.05, 0) is 61.7 Å². The molecule has 35 heavy (non-hydrogen) atoms. The molecule has 2 heterocycles. The van der Waals surface area contributed by atoms with E-state index in [0.717, 1.165) is 62.4 Å². The third-order valence-electron chi connectivity index (χ3n) is 8.36. The fourth-order valence-electron chi connectivity index (χ4n) is 6.84. The minimum Gasteiger partial charge on any atom is -0.504 e. The number of anilines is 1. The number of rotatable bonds is 6. The van der Waals surface area contributed by atoms with Gasteiger partial charge in [-0.3, -0.25) is 9.89 Å². The van der Waals surface area contributed by atoms with Crippen LogP contribution >= 0.6 is 0 Å². The van der Waals surface area contributed by atoms with E-state index in [-0.39, 0.29) is 29.0 Å². The Balaban J connectivity index is 1.17. The largest absolute Gasteiger partial charge is 0.504 e. The second-order valence-corrected chi connectivity index (χ2v) is 10.2. The van der Waals surface area contributed by atoms with Crippen LogP contribution in [0.2, 0.25) is 0 Å². The molecule has 4 aliphatic rings. The summed E-state index contributed by atoms with van der Waals surface area (Å²) < 4.78 is 19.4. The normalized spacial score (nSPS) is 30.7. The molecule has 2 aromatic rings. The number of phenols is 1. The van der Waals surface area contributed by atoms with Crippen LogP contribution in [0.3, 0.4) is 0 Å².